The second-order valence-electron chi connectivity index (χ2n) is 6.82. The summed E-state index contributed by atoms with van der Waals surface area (Å²) in [6, 6.07) is 14.9. The van der Waals surface area contributed by atoms with Crippen LogP contribution in [0.5, 0.6) is 5.75 Å². The van der Waals surface area contributed by atoms with Crippen molar-refractivity contribution < 1.29 is 4.74 Å². The second-order valence-corrected chi connectivity index (χ2v) is 6.82. The van der Waals surface area contributed by atoms with Crippen LogP contribution in [0.1, 0.15) is 49.1 Å². The first kappa shape index (κ1) is 14.2. The van der Waals surface area contributed by atoms with Crippen molar-refractivity contribution in [3.05, 3.63) is 64.7 Å². The zero-order chi connectivity index (χ0) is 15.0. The Kier molecular flexibility index (Phi) is 3.50. The molecule has 0 radical (unpaired) electrons. The van der Waals surface area contributed by atoms with E-state index in [4.69, 9.17) is 10.5 Å². The van der Waals surface area contributed by atoms with Gasteiger partial charge in [0.15, 0.2) is 0 Å². The molecular weight excluding hydrogens is 258 g/mol. The molecule has 0 saturated carbocycles. The Labute approximate surface area is 126 Å². The van der Waals surface area contributed by atoms with Crippen LogP contribution >= 0.6 is 0 Å². The van der Waals surface area contributed by atoms with Gasteiger partial charge in [-0.1, -0.05) is 57.2 Å². The predicted octanol–water partition coefficient (Wildman–Crippen LogP) is 3.97. The quantitative estimate of drug-likeness (QED) is 0.904. The Hall–Kier alpha value is -1.80. The molecule has 0 aromatic heterocycles. The molecule has 0 bridgehead atoms. The molecular formula is C19H23NO. The Bertz CT molecular complexity index is 638. The van der Waals surface area contributed by atoms with E-state index in [2.05, 4.69) is 57.2 Å². The summed E-state index contributed by atoms with van der Waals surface area (Å²) in [4.78, 5) is 0. The third kappa shape index (κ3) is 2.81. The number of nitrogens with two attached hydrogens (primary N) is 1. The van der Waals surface area contributed by atoms with Crippen LogP contribution in [0.4, 0.5) is 0 Å². The van der Waals surface area contributed by atoms with Crippen LogP contribution in [-0.4, -0.2) is 6.61 Å². The fraction of sp³-hybridized carbons (Fsp3) is 0.368. The molecule has 3 rings (SSSR count). The maximum absolute atomic E-state index is 6.43. The van der Waals surface area contributed by atoms with E-state index in [9.17, 15) is 0 Å². The summed E-state index contributed by atoms with van der Waals surface area (Å²) in [6.45, 7) is 7.46. The monoisotopic (exact) mass is 281 g/mol. The Morgan fingerprint density at radius 2 is 1.67 bits per heavy atom. The van der Waals surface area contributed by atoms with Crippen LogP contribution in [0.15, 0.2) is 42.5 Å². The Morgan fingerprint density at radius 3 is 2.33 bits per heavy atom. The lowest BCUT2D eigenvalue weighted by Crippen LogP contribution is -2.14. The molecule has 1 aliphatic heterocycles. The van der Waals surface area contributed by atoms with E-state index < -0.39 is 0 Å². The molecule has 21 heavy (non-hydrogen) atoms. The van der Waals surface area contributed by atoms with E-state index in [-0.39, 0.29) is 11.5 Å². The van der Waals surface area contributed by atoms with Gasteiger partial charge in [0.1, 0.15) is 5.75 Å². The molecule has 2 nitrogen and oxygen atoms in total. The fourth-order valence-electron chi connectivity index (χ4n) is 2.78. The van der Waals surface area contributed by atoms with E-state index in [1.807, 2.05) is 6.07 Å². The maximum Gasteiger partial charge on any atom is 0.122 e. The summed E-state index contributed by atoms with van der Waals surface area (Å²) in [5.41, 5.74) is 11.5. The Morgan fingerprint density at radius 1 is 1.00 bits per heavy atom. The van der Waals surface area contributed by atoms with Gasteiger partial charge in [-0.3, -0.25) is 0 Å². The lowest BCUT2D eigenvalue weighted by atomic mass is 9.86. The van der Waals surface area contributed by atoms with Gasteiger partial charge in [0, 0.05) is 6.42 Å². The first-order valence-electron chi connectivity index (χ1n) is 7.57. The summed E-state index contributed by atoms with van der Waals surface area (Å²) < 4.78 is 5.55. The molecule has 0 aliphatic carbocycles. The lowest BCUT2D eigenvalue weighted by Gasteiger charge is -2.20. The second kappa shape index (κ2) is 5.19. The van der Waals surface area contributed by atoms with E-state index in [1.165, 1.54) is 11.1 Å². The average molecular weight is 281 g/mol. The van der Waals surface area contributed by atoms with Crippen molar-refractivity contribution in [2.75, 3.05) is 6.61 Å². The summed E-state index contributed by atoms with van der Waals surface area (Å²) in [5, 5.41) is 0. The van der Waals surface area contributed by atoms with Crippen molar-refractivity contribution in [3.63, 3.8) is 0 Å². The molecule has 0 saturated heterocycles. The minimum atomic E-state index is -0.0788. The van der Waals surface area contributed by atoms with Gasteiger partial charge in [-0.25, -0.2) is 0 Å². The summed E-state index contributed by atoms with van der Waals surface area (Å²) in [5.74, 6) is 1.01. The minimum Gasteiger partial charge on any atom is -0.493 e. The van der Waals surface area contributed by atoms with Crippen molar-refractivity contribution >= 4 is 0 Å². The van der Waals surface area contributed by atoms with Gasteiger partial charge in [-0.15, -0.1) is 0 Å². The van der Waals surface area contributed by atoms with E-state index in [1.54, 1.807) is 0 Å². The number of benzene rings is 2. The van der Waals surface area contributed by atoms with Gasteiger partial charge in [-0.2, -0.15) is 0 Å². The van der Waals surface area contributed by atoms with E-state index in [0.717, 1.165) is 29.9 Å². The summed E-state index contributed by atoms with van der Waals surface area (Å²) >= 11 is 0. The molecule has 0 amide bonds. The zero-order valence-corrected chi connectivity index (χ0v) is 13.0. The van der Waals surface area contributed by atoms with Gasteiger partial charge in [0.05, 0.1) is 12.6 Å². The van der Waals surface area contributed by atoms with E-state index >= 15 is 0 Å². The number of ether oxygens (including phenoxy) is 1. The molecule has 2 aromatic carbocycles. The van der Waals surface area contributed by atoms with Crippen LogP contribution in [0.3, 0.4) is 0 Å². The summed E-state index contributed by atoms with van der Waals surface area (Å²) in [7, 11) is 0. The topological polar surface area (TPSA) is 35.2 Å². The van der Waals surface area contributed by atoms with Crippen LogP contribution in [0, 0.1) is 0 Å². The van der Waals surface area contributed by atoms with Crippen molar-refractivity contribution in [3.8, 4) is 5.75 Å². The Balaban J connectivity index is 1.86. The lowest BCUT2D eigenvalue weighted by molar-refractivity contribution is 0.357. The van der Waals surface area contributed by atoms with Crippen LogP contribution in [-0.2, 0) is 11.8 Å². The molecule has 1 unspecified atom stereocenters. The molecule has 110 valence electrons. The zero-order valence-electron chi connectivity index (χ0n) is 13.0. The van der Waals surface area contributed by atoms with Crippen molar-refractivity contribution in [1.29, 1.82) is 0 Å². The predicted molar refractivity (Wildman–Crippen MR) is 86.8 cm³/mol. The molecule has 1 heterocycles. The first-order chi connectivity index (χ1) is 9.95. The first-order valence-corrected chi connectivity index (χ1v) is 7.57. The van der Waals surface area contributed by atoms with Gasteiger partial charge in [-0.05, 0) is 33.7 Å². The van der Waals surface area contributed by atoms with Gasteiger partial charge in [0.25, 0.3) is 0 Å². The van der Waals surface area contributed by atoms with Crippen molar-refractivity contribution in [2.45, 2.75) is 38.6 Å². The van der Waals surface area contributed by atoms with Crippen molar-refractivity contribution in [2.24, 2.45) is 5.73 Å². The molecule has 0 fully saturated rings. The van der Waals surface area contributed by atoms with Crippen LogP contribution in [0.25, 0.3) is 0 Å². The third-order valence-corrected chi connectivity index (χ3v) is 4.21. The molecule has 2 heteroatoms. The fourth-order valence-corrected chi connectivity index (χ4v) is 2.78. The standard InChI is InChI=1S/C19H23NO/c1-19(2,3)16-7-4-13(5-8-16)18(20)15-6-9-17-14(12-15)10-11-21-17/h4-9,12,18H,10-11,20H2,1-3H3. The number of rotatable bonds is 2. The highest BCUT2D eigenvalue weighted by atomic mass is 16.5. The number of hydrogen-bond donors (Lipinski definition) is 1. The normalized spacial score (nSPS) is 15.4. The van der Waals surface area contributed by atoms with E-state index in [0.29, 0.717) is 0 Å². The SMILES string of the molecule is CC(C)(C)c1ccc(C(N)c2ccc3c(c2)CCO3)cc1. The van der Waals surface area contributed by atoms with Gasteiger partial charge in [0.2, 0.25) is 0 Å². The number of fused-ring (bicyclic) bond motifs is 1. The maximum atomic E-state index is 6.43. The van der Waals surface area contributed by atoms with Gasteiger partial charge < -0.3 is 10.5 Å². The molecule has 2 aromatic rings. The molecule has 1 atom stereocenters. The van der Waals surface area contributed by atoms with Gasteiger partial charge >= 0.3 is 0 Å². The molecule has 0 spiro atoms. The summed E-state index contributed by atoms with van der Waals surface area (Å²) in [6.07, 6.45) is 0.985. The van der Waals surface area contributed by atoms with Crippen LogP contribution in [0.2, 0.25) is 0 Å². The minimum absolute atomic E-state index is 0.0788. The highest BCUT2D eigenvalue weighted by Crippen LogP contribution is 2.30. The number of hydrogen-bond acceptors (Lipinski definition) is 2. The highest BCUT2D eigenvalue weighted by Gasteiger charge is 2.17. The smallest absolute Gasteiger partial charge is 0.122 e. The highest BCUT2D eigenvalue weighted by molar-refractivity contribution is 5.43. The van der Waals surface area contributed by atoms with Crippen molar-refractivity contribution in [1.82, 2.24) is 0 Å². The average Bonchev–Trinajstić information content (AvgIpc) is 2.93. The van der Waals surface area contributed by atoms with Crippen LogP contribution < -0.4 is 10.5 Å². The molecule has 2 N–H and O–H groups in total. The largest absolute Gasteiger partial charge is 0.493 e. The molecule has 1 aliphatic rings. The third-order valence-electron chi connectivity index (χ3n) is 4.21.